The molecule has 1 aromatic rings. The fraction of sp³-hybridized carbons (Fsp3) is 0.812. The van der Waals surface area contributed by atoms with Gasteiger partial charge in [-0.1, -0.05) is 5.16 Å². The molecule has 8 nitrogen and oxygen atoms in total. The molecule has 2 aliphatic rings. The number of nitrogens with zero attached hydrogens (tertiary/aromatic N) is 5. The highest BCUT2D eigenvalue weighted by molar-refractivity contribution is 5.76. The van der Waals surface area contributed by atoms with Crippen LogP contribution in [0.4, 0.5) is 0 Å². The summed E-state index contributed by atoms with van der Waals surface area (Å²) in [4.78, 5) is 23.2. The summed E-state index contributed by atoms with van der Waals surface area (Å²) in [6.07, 6.45) is 0.596. The van der Waals surface area contributed by atoms with E-state index in [9.17, 15) is 4.79 Å². The van der Waals surface area contributed by atoms with E-state index in [2.05, 4.69) is 26.9 Å². The van der Waals surface area contributed by atoms with Crippen LogP contribution < -0.4 is 0 Å². The third-order valence-electron chi connectivity index (χ3n) is 4.86. The van der Waals surface area contributed by atoms with E-state index >= 15 is 0 Å². The Hall–Kier alpha value is -1.51. The van der Waals surface area contributed by atoms with Crippen LogP contribution in [0.3, 0.4) is 0 Å². The number of morpholine rings is 1. The zero-order valence-electron chi connectivity index (χ0n) is 14.6. The summed E-state index contributed by atoms with van der Waals surface area (Å²) in [5.74, 6) is 1.61. The Morgan fingerprint density at radius 2 is 1.88 bits per heavy atom. The van der Waals surface area contributed by atoms with Crippen LogP contribution in [-0.2, 0) is 9.53 Å². The first-order valence-electron chi connectivity index (χ1n) is 8.75. The fourth-order valence-electron chi connectivity index (χ4n) is 3.24. The summed E-state index contributed by atoms with van der Waals surface area (Å²) in [6, 6.07) is 0.142. The zero-order valence-corrected chi connectivity index (χ0v) is 14.6. The van der Waals surface area contributed by atoms with Gasteiger partial charge in [-0.25, -0.2) is 0 Å². The van der Waals surface area contributed by atoms with E-state index in [0.717, 1.165) is 45.8 Å². The molecule has 24 heavy (non-hydrogen) atoms. The summed E-state index contributed by atoms with van der Waals surface area (Å²) < 4.78 is 10.6. The fourth-order valence-corrected chi connectivity index (χ4v) is 3.24. The molecule has 0 saturated carbocycles. The van der Waals surface area contributed by atoms with Crippen LogP contribution in [-0.4, -0.2) is 89.8 Å². The lowest BCUT2D eigenvalue weighted by molar-refractivity contribution is -0.135. The molecule has 0 N–H and O–H groups in total. The van der Waals surface area contributed by atoms with Gasteiger partial charge in [-0.15, -0.1) is 0 Å². The number of carbonyl (C=O) groups is 1. The van der Waals surface area contributed by atoms with Gasteiger partial charge in [0.1, 0.15) is 0 Å². The highest BCUT2D eigenvalue weighted by Gasteiger charge is 2.26. The van der Waals surface area contributed by atoms with Gasteiger partial charge < -0.3 is 19.1 Å². The van der Waals surface area contributed by atoms with Crippen molar-refractivity contribution in [3.8, 4) is 0 Å². The molecule has 2 aliphatic heterocycles. The molecule has 0 aliphatic carbocycles. The SMILES string of the molecule is Cc1noc([C@@H](C)N2CCN(CCC(=O)N3CCOCC3)CC2)n1. The first-order chi connectivity index (χ1) is 11.6. The van der Waals surface area contributed by atoms with Crippen molar-refractivity contribution in [2.24, 2.45) is 0 Å². The number of aryl methyl sites for hydroxylation is 1. The Morgan fingerprint density at radius 1 is 1.17 bits per heavy atom. The third-order valence-corrected chi connectivity index (χ3v) is 4.86. The highest BCUT2D eigenvalue weighted by atomic mass is 16.5. The first-order valence-corrected chi connectivity index (χ1v) is 8.75. The van der Waals surface area contributed by atoms with E-state index in [0.29, 0.717) is 31.3 Å². The molecular weight excluding hydrogens is 310 g/mol. The lowest BCUT2D eigenvalue weighted by atomic mass is 10.2. The molecule has 1 aromatic heterocycles. The minimum Gasteiger partial charge on any atom is -0.378 e. The van der Waals surface area contributed by atoms with E-state index in [4.69, 9.17) is 9.26 Å². The van der Waals surface area contributed by atoms with Gasteiger partial charge in [-0.3, -0.25) is 9.69 Å². The lowest BCUT2D eigenvalue weighted by Crippen LogP contribution is -2.48. The van der Waals surface area contributed by atoms with Gasteiger partial charge in [0.25, 0.3) is 0 Å². The average molecular weight is 337 g/mol. The van der Waals surface area contributed by atoms with Crippen molar-refractivity contribution in [1.29, 1.82) is 0 Å². The van der Waals surface area contributed by atoms with Crippen molar-refractivity contribution in [2.45, 2.75) is 26.3 Å². The number of hydrogen-bond donors (Lipinski definition) is 0. The smallest absolute Gasteiger partial charge is 0.243 e. The highest BCUT2D eigenvalue weighted by Crippen LogP contribution is 2.20. The van der Waals surface area contributed by atoms with Crippen molar-refractivity contribution < 1.29 is 14.1 Å². The van der Waals surface area contributed by atoms with Crippen LogP contribution in [0.5, 0.6) is 0 Å². The number of piperazine rings is 1. The number of aromatic nitrogens is 2. The average Bonchev–Trinajstić information content (AvgIpc) is 3.06. The maximum absolute atomic E-state index is 12.2. The molecule has 3 rings (SSSR count). The Kier molecular flexibility index (Phi) is 5.80. The van der Waals surface area contributed by atoms with Crippen LogP contribution in [0, 0.1) is 6.92 Å². The van der Waals surface area contributed by atoms with Crippen LogP contribution in [0.25, 0.3) is 0 Å². The van der Waals surface area contributed by atoms with Crippen LogP contribution in [0.15, 0.2) is 4.52 Å². The summed E-state index contributed by atoms with van der Waals surface area (Å²) in [6.45, 7) is 11.4. The van der Waals surface area contributed by atoms with Gasteiger partial charge in [0, 0.05) is 52.2 Å². The lowest BCUT2D eigenvalue weighted by Gasteiger charge is -2.37. The topological polar surface area (TPSA) is 74.9 Å². The second-order valence-electron chi connectivity index (χ2n) is 6.48. The van der Waals surface area contributed by atoms with Gasteiger partial charge in [0.2, 0.25) is 11.8 Å². The van der Waals surface area contributed by atoms with Crippen LogP contribution >= 0.6 is 0 Å². The van der Waals surface area contributed by atoms with E-state index in [1.807, 2.05) is 11.8 Å². The number of rotatable bonds is 5. The maximum atomic E-state index is 12.2. The predicted octanol–water partition coefficient (Wildman–Crippen LogP) is 0.306. The molecule has 0 aromatic carbocycles. The minimum absolute atomic E-state index is 0.142. The van der Waals surface area contributed by atoms with Crippen molar-refractivity contribution in [3.05, 3.63) is 11.7 Å². The molecule has 1 atom stereocenters. The molecule has 134 valence electrons. The Labute approximate surface area is 142 Å². The van der Waals surface area contributed by atoms with E-state index in [-0.39, 0.29) is 11.9 Å². The molecule has 2 saturated heterocycles. The van der Waals surface area contributed by atoms with E-state index in [1.54, 1.807) is 0 Å². The Morgan fingerprint density at radius 3 is 2.50 bits per heavy atom. The van der Waals surface area contributed by atoms with Crippen LogP contribution in [0.1, 0.15) is 31.1 Å². The number of amides is 1. The van der Waals surface area contributed by atoms with Gasteiger partial charge in [-0.05, 0) is 13.8 Å². The summed E-state index contributed by atoms with van der Waals surface area (Å²) >= 11 is 0. The molecule has 0 spiro atoms. The van der Waals surface area contributed by atoms with Gasteiger partial charge in [0.05, 0.1) is 19.3 Å². The maximum Gasteiger partial charge on any atom is 0.243 e. The monoisotopic (exact) mass is 337 g/mol. The Balaban J connectivity index is 1.39. The summed E-state index contributed by atoms with van der Waals surface area (Å²) in [5.41, 5.74) is 0. The second-order valence-corrected chi connectivity index (χ2v) is 6.48. The Bertz CT molecular complexity index is 536. The van der Waals surface area contributed by atoms with Crippen LogP contribution in [0.2, 0.25) is 0 Å². The number of hydrogen-bond acceptors (Lipinski definition) is 7. The molecular formula is C16H27N5O3. The quantitative estimate of drug-likeness (QED) is 0.765. The standard InChI is InChI=1S/C16H27N5O3/c1-13(16-17-14(2)18-24-16)20-7-5-19(6-8-20)4-3-15(22)21-9-11-23-12-10-21/h13H,3-12H2,1-2H3/t13-/m1/s1. The van der Waals surface area contributed by atoms with Gasteiger partial charge >= 0.3 is 0 Å². The van der Waals surface area contributed by atoms with Crippen molar-refractivity contribution in [1.82, 2.24) is 24.8 Å². The third kappa shape index (κ3) is 4.31. The predicted molar refractivity (Wildman–Crippen MR) is 87.5 cm³/mol. The number of ether oxygens (including phenoxy) is 1. The molecule has 8 heteroatoms. The molecule has 0 radical (unpaired) electrons. The molecule has 3 heterocycles. The first kappa shape index (κ1) is 17.3. The van der Waals surface area contributed by atoms with E-state index in [1.165, 1.54) is 0 Å². The minimum atomic E-state index is 0.142. The summed E-state index contributed by atoms with van der Waals surface area (Å²) in [5, 5.41) is 3.87. The summed E-state index contributed by atoms with van der Waals surface area (Å²) in [7, 11) is 0. The number of carbonyl (C=O) groups excluding carboxylic acids is 1. The van der Waals surface area contributed by atoms with Gasteiger partial charge in [0.15, 0.2) is 5.82 Å². The molecule has 1 amide bonds. The zero-order chi connectivity index (χ0) is 16.9. The second kappa shape index (κ2) is 8.04. The van der Waals surface area contributed by atoms with Crippen molar-refractivity contribution in [2.75, 3.05) is 59.0 Å². The van der Waals surface area contributed by atoms with Gasteiger partial charge in [-0.2, -0.15) is 4.98 Å². The normalized spacial score (nSPS) is 21.8. The largest absolute Gasteiger partial charge is 0.378 e. The van der Waals surface area contributed by atoms with E-state index < -0.39 is 0 Å². The van der Waals surface area contributed by atoms with Crippen molar-refractivity contribution in [3.63, 3.8) is 0 Å². The van der Waals surface area contributed by atoms with Crippen molar-refractivity contribution >= 4 is 5.91 Å². The molecule has 0 unspecified atom stereocenters. The molecule has 0 bridgehead atoms. The molecule has 2 fully saturated rings.